The van der Waals surface area contributed by atoms with Crippen LogP contribution in [0.1, 0.15) is 27.7 Å². The molecule has 0 unspecified atom stereocenters. The number of nitrogens with one attached hydrogen (secondary N) is 1. The largest absolute Gasteiger partial charge is 0.379 e. The molecular formula is C15H21N3O2. The van der Waals surface area contributed by atoms with Crippen molar-refractivity contribution in [1.82, 2.24) is 4.98 Å². The van der Waals surface area contributed by atoms with Gasteiger partial charge < -0.3 is 5.32 Å². The number of hydrogen-bond acceptors (Lipinski definition) is 4. The van der Waals surface area contributed by atoms with E-state index in [2.05, 4.69) is 24.1 Å². The average molecular weight is 275 g/mol. The second kappa shape index (κ2) is 7.43. The molecule has 0 spiro atoms. The van der Waals surface area contributed by atoms with Crippen molar-refractivity contribution in [2.45, 2.75) is 27.7 Å². The molecule has 1 aromatic carbocycles. The standard InChI is InChI=1S/C13H15N3O2.C2H6/c1-9(2)7-15-13-10-5-3-4-6-11(10)14-8-12(13)16(17)18;1-2/h3-6,8-9H,7H2,1-2H3,(H,14,15);1-2H3. The third-order valence-electron chi connectivity index (χ3n) is 2.64. The van der Waals surface area contributed by atoms with Gasteiger partial charge >= 0.3 is 5.69 Å². The van der Waals surface area contributed by atoms with E-state index in [9.17, 15) is 10.1 Å². The maximum absolute atomic E-state index is 11.0. The fraction of sp³-hybridized carbons (Fsp3) is 0.400. The molecule has 108 valence electrons. The topological polar surface area (TPSA) is 68.1 Å². The van der Waals surface area contributed by atoms with E-state index < -0.39 is 4.92 Å². The molecule has 0 saturated heterocycles. The Labute approximate surface area is 119 Å². The second-order valence-electron chi connectivity index (χ2n) is 4.57. The smallest absolute Gasteiger partial charge is 0.311 e. The molecule has 2 rings (SSSR count). The van der Waals surface area contributed by atoms with Gasteiger partial charge in [0.1, 0.15) is 11.9 Å². The SMILES string of the molecule is CC.CC(C)CNc1c([N+](=O)[O-])cnc2ccccc12. The minimum Gasteiger partial charge on any atom is -0.379 e. The number of benzene rings is 1. The van der Waals surface area contributed by atoms with E-state index >= 15 is 0 Å². The summed E-state index contributed by atoms with van der Waals surface area (Å²) >= 11 is 0. The summed E-state index contributed by atoms with van der Waals surface area (Å²) in [5.41, 5.74) is 1.34. The number of para-hydroxylation sites is 1. The maximum atomic E-state index is 11.0. The molecular weight excluding hydrogens is 254 g/mol. The predicted molar refractivity (Wildman–Crippen MR) is 83.1 cm³/mol. The molecule has 0 saturated carbocycles. The highest BCUT2D eigenvalue weighted by Gasteiger charge is 2.17. The van der Waals surface area contributed by atoms with E-state index in [1.807, 2.05) is 38.1 Å². The van der Waals surface area contributed by atoms with Crippen molar-refractivity contribution in [3.05, 3.63) is 40.6 Å². The van der Waals surface area contributed by atoms with Crippen molar-refractivity contribution in [3.8, 4) is 0 Å². The first-order valence-corrected chi connectivity index (χ1v) is 6.85. The molecule has 0 aliphatic rings. The molecule has 0 amide bonds. The highest BCUT2D eigenvalue weighted by atomic mass is 16.6. The number of nitro groups is 1. The van der Waals surface area contributed by atoms with Gasteiger partial charge in [0.05, 0.1) is 10.4 Å². The summed E-state index contributed by atoms with van der Waals surface area (Å²) in [6.45, 7) is 8.80. The lowest BCUT2D eigenvalue weighted by molar-refractivity contribution is -0.384. The Kier molecular flexibility index (Phi) is 5.90. The summed E-state index contributed by atoms with van der Waals surface area (Å²) in [5, 5.41) is 15.0. The van der Waals surface area contributed by atoms with Gasteiger partial charge in [-0.25, -0.2) is 4.98 Å². The molecule has 0 radical (unpaired) electrons. The first kappa shape index (κ1) is 15.9. The summed E-state index contributed by atoms with van der Waals surface area (Å²) in [6.07, 6.45) is 1.31. The molecule has 1 aromatic heterocycles. The highest BCUT2D eigenvalue weighted by molar-refractivity contribution is 5.95. The van der Waals surface area contributed by atoms with Crippen LogP contribution < -0.4 is 5.32 Å². The first-order chi connectivity index (χ1) is 9.59. The molecule has 1 N–H and O–H groups in total. The molecule has 0 atom stereocenters. The Bertz CT molecular complexity index is 582. The predicted octanol–water partition coefficient (Wildman–Crippen LogP) is 4.24. The van der Waals surface area contributed by atoms with Crippen LogP contribution in [-0.2, 0) is 0 Å². The van der Waals surface area contributed by atoms with Gasteiger partial charge in [0.15, 0.2) is 0 Å². The fourth-order valence-corrected chi connectivity index (χ4v) is 1.76. The second-order valence-corrected chi connectivity index (χ2v) is 4.57. The number of rotatable bonds is 4. The summed E-state index contributed by atoms with van der Waals surface area (Å²) in [4.78, 5) is 14.7. The summed E-state index contributed by atoms with van der Waals surface area (Å²) in [6, 6.07) is 7.42. The Hall–Kier alpha value is -2.17. The van der Waals surface area contributed by atoms with Crippen LogP contribution in [0.2, 0.25) is 0 Å². The van der Waals surface area contributed by atoms with Crippen molar-refractivity contribution < 1.29 is 4.92 Å². The molecule has 1 heterocycles. The zero-order valence-corrected chi connectivity index (χ0v) is 12.4. The lowest BCUT2D eigenvalue weighted by Gasteiger charge is -2.11. The van der Waals surface area contributed by atoms with Crippen LogP contribution in [0.15, 0.2) is 30.5 Å². The van der Waals surface area contributed by atoms with E-state index in [0.717, 1.165) is 10.9 Å². The van der Waals surface area contributed by atoms with E-state index in [1.54, 1.807) is 0 Å². The summed E-state index contributed by atoms with van der Waals surface area (Å²) < 4.78 is 0. The number of anilines is 1. The number of hydrogen-bond donors (Lipinski definition) is 1. The van der Waals surface area contributed by atoms with E-state index in [1.165, 1.54) is 6.20 Å². The van der Waals surface area contributed by atoms with Gasteiger partial charge in [-0.2, -0.15) is 0 Å². The Balaban J connectivity index is 0.000000956. The van der Waals surface area contributed by atoms with Crippen molar-refractivity contribution in [1.29, 1.82) is 0 Å². The van der Waals surface area contributed by atoms with Crippen LogP contribution in [0, 0.1) is 16.0 Å². The molecule has 0 fully saturated rings. The maximum Gasteiger partial charge on any atom is 0.311 e. The normalized spacial score (nSPS) is 10.1. The molecule has 0 aliphatic carbocycles. The van der Waals surface area contributed by atoms with Crippen LogP contribution in [0.3, 0.4) is 0 Å². The minimum atomic E-state index is -0.401. The summed E-state index contributed by atoms with van der Waals surface area (Å²) in [5.74, 6) is 0.413. The molecule has 2 aromatic rings. The van der Waals surface area contributed by atoms with Gasteiger partial charge in [-0.05, 0) is 12.0 Å². The molecule has 5 heteroatoms. The quantitative estimate of drug-likeness (QED) is 0.669. The average Bonchev–Trinajstić information content (AvgIpc) is 2.46. The number of aromatic nitrogens is 1. The third kappa shape index (κ3) is 3.66. The van der Waals surface area contributed by atoms with Crippen LogP contribution >= 0.6 is 0 Å². The first-order valence-electron chi connectivity index (χ1n) is 6.85. The number of pyridine rings is 1. The highest BCUT2D eigenvalue weighted by Crippen LogP contribution is 2.31. The molecule has 20 heavy (non-hydrogen) atoms. The van der Waals surface area contributed by atoms with Crippen molar-refractivity contribution >= 4 is 22.3 Å². The van der Waals surface area contributed by atoms with Crippen molar-refractivity contribution in [2.24, 2.45) is 5.92 Å². The van der Waals surface area contributed by atoms with Crippen LogP contribution in [0.25, 0.3) is 10.9 Å². The third-order valence-corrected chi connectivity index (χ3v) is 2.64. The summed E-state index contributed by atoms with van der Waals surface area (Å²) in [7, 11) is 0. The number of nitrogens with zero attached hydrogens (tertiary/aromatic N) is 2. The van der Waals surface area contributed by atoms with Gasteiger partial charge in [-0.3, -0.25) is 10.1 Å². The van der Waals surface area contributed by atoms with Crippen molar-refractivity contribution in [2.75, 3.05) is 11.9 Å². The Morgan fingerprint density at radius 1 is 1.30 bits per heavy atom. The van der Waals surface area contributed by atoms with Gasteiger partial charge in [0.2, 0.25) is 0 Å². The van der Waals surface area contributed by atoms with E-state index in [0.29, 0.717) is 18.2 Å². The van der Waals surface area contributed by atoms with Crippen LogP contribution in [0.4, 0.5) is 11.4 Å². The van der Waals surface area contributed by atoms with Gasteiger partial charge in [-0.1, -0.05) is 45.9 Å². The van der Waals surface area contributed by atoms with Crippen LogP contribution in [0.5, 0.6) is 0 Å². The van der Waals surface area contributed by atoms with Crippen molar-refractivity contribution in [3.63, 3.8) is 0 Å². The molecule has 5 nitrogen and oxygen atoms in total. The Morgan fingerprint density at radius 2 is 1.95 bits per heavy atom. The molecule has 0 bridgehead atoms. The van der Waals surface area contributed by atoms with Gasteiger partial charge in [0, 0.05) is 11.9 Å². The Morgan fingerprint density at radius 3 is 2.55 bits per heavy atom. The minimum absolute atomic E-state index is 0.0225. The lowest BCUT2D eigenvalue weighted by atomic mass is 10.1. The van der Waals surface area contributed by atoms with E-state index in [-0.39, 0.29) is 5.69 Å². The monoisotopic (exact) mass is 275 g/mol. The van der Waals surface area contributed by atoms with Crippen LogP contribution in [-0.4, -0.2) is 16.5 Å². The fourth-order valence-electron chi connectivity index (χ4n) is 1.76. The van der Waals surface area contributed by atoms with Gasteiger partial charge in [-0.15, -0.1) is 0 Å². The zero-order valence-electron chi connectivity index (χ0n) is 12.4. The number of fused-ring (bicyclic) bond motifs is 1. The molecule has 0 aliphatic heterocycles. The van der Waals surface area contributed by atoms with Gasteiger partial charge in [0.25, 0.3) is 0 Å². The van der Waals surface area contributed by atoms with E-state index in [4.69, 9.17) is 0 Å². The lowest BCUT2D eigenvalue weighted by Crippen LogP contribution is -2.10. The zero-order chi connectivity index (χ0) is 15.1.